The van der Waals surface area contributed by atoms with Crippen LogP contribution < -0.4 is 10.6 Å². The summed E-state index contributed by atoms with van der Waals surface area (Å²) in [5, 5.41) is 7.91. The lowest BCUT2D eigenvalue weighted by Crippen LogP contribution is -2.55. The average Bonchev–Trinajstić information content (AvgIpc) is 3.04. The van der Waals surface area contributed by atoms with E-state index in [1.165, 1.54) is 19.4 Å². The Balaban J connectivity index is 1.76. The molecule has 4 heterocycles. The van der Waals surface area contributed by atoms with Crippen LogP contribution in [0.3, 0.4) is 0 Å². The molecule has 4 rings (SSSR count). The molecule has 7 nitrogen and oxygen atoms in total. The molecule has 2 aliphatic rings. The van der Waals surface area contributed by atoms with E-state index in [4.69, 9.17) is 5.73 Å². The minimum Gasteiger partial charge on any atom is -0.368 e. The molecule has 0 spiro atoms. The highest BCUT2D eigenvalue weighted by atomic mass is 15.3. The van der Waals surface area contributed by atoms with Gasteiger partial charge in [-0.15, -0.1) is 0 Å². The minimum atomic E-state index is 0.304. The van der Waals surface area contributed by atoms with Gasteiger partial charge in [0.15, 0.2) is 5.65 Å². The van der Waals surface area contributed by atoms with Crippen molar-refractivity contribution in [1.82, 2.24) is 25.1 Å². The quantitative estimate of drug-likeness (QED) is 0.791. The molecule has 0 aromatic carbocycles. The second kappa shape index (κ2) is 4.31. The second-order valence-electron chi connectivity index (χ2n) is 5.83. The third-order valence-electron chi connectivity index (χ3n) is 4.52. The summed E-state index contributed by atoms with van der Waals surface area (Å²) in [6, 6.07) is 1.07. The van der Waals surface area contributed by atoms with Crippen LogP contribution in [-0.2, 0) is 0 Å². The zero-order valence-corrected chi connectivity index (χ0v) is 11.6. The normalized spacial score (nSPS) is 27.1. The number of piperazine rings is 1. The maximum atomic E-state index is 5.84. The molecule has 2 aliphatic heterocycles. The number of aromatic nitrogens is 4. The van der Waals surface area contributed by atoms with Gasteiger partial charge in [0.25, 0.3) is 0 Å². The van der Waals surface area contributed by atoms with Gasteiger partial charge in [0, 0.05) is 25.2 Å². The van der Waals surface area contributed by atoms with Crippen LogP contribution in [0.1, 0.15) is 19.8 Å². The largest absolute Gasteiger partial charge is 0.368 e. The number of nitrogens with two attached hydrogens (primary N) is 1. The van der Waals surface area contributed by atoms with Gasteiger partial charge >= 0.3 is 0 Å². The molecule has 106 valence electrons. The first-order chi connectivity index (χ1) is 9.72. The number of H-pyrrole nitrogens is 1. The van der Waals surface area contributed by atoms with Gasteiger partial charge in [-0.2, -0.15) is 15.1 Å². The summed E-state index contributed by atoms with van der Waals surface area (Å²) in [6.07, 6.45) is 4.37. The van der Waals surface area contributed by atoms with E-state index in [9.17, 15) is 0 Å². The highest BCUT2D eigenvalue weighted by Gasteiger charge is 2.35. The van der Waals surface area contributed by atoms with Crippen LogP contribution in [-0.4, -0.2) is 56.8 Å². The van der Waals surface area contributed by atoms with E-state index in [0.29, 0.717) is 23.7 Å². The minimum absolute atomic E-state index is 0.304. The molecule has 0 radical (unpaired) electrons. The second-order valence-corrected chi connectivity index (χ2v) is 5.83. The highest BCUT2D eigenvalue weighted by molar-refractivity contribution is 5.87. The predicted octanol–water partition coefficient (Wildman–Crippen LogP) is 0.608. The number of nitrogen functional groups attached to an aromatic ring is 1. The Morgan fingerprint density at radius 1 is 1.35 bits per heavy atom. The fourth-order valence-corrected chi connectivity index (χ4v) is 3.54. The van der Waals surface area contributed by atoms with Crippen LogP contribution in [0.2, 0.25) is 0 Å². The lowest BCUT2D eigenvalue weighted by molar-refractivity contribution is 0.202. The lowest BCUT2D eigenvalue weighted by atomic mass is 10.1. The van der Waals surface area contributed by atoms with Crippen LogP contribution in [0.4, 0.5) is 11.8 Å². The van der Waals surface area contributed by atoms with Gasteiger partial charge < -0.3 is 10.6 Å². The molecule has 0 bridgehead atoms. The Morgan fingerprint density at radius 3 is 3.15 bits per heavy atom. The number of hydrogen-bond acceptors (Lipinski definition) is 6. The first-order valence-corrected chi connectivity index (χ1v) is 7.19. The van der Waals surface area contributed by atoms with Gasteiger partial charge in [0.2, 0.25) is 5.95 Å². The molecule has 2 fully saturated rings. The topological polar surface area (TPSA) is 87.0 Å². The van der Waals surface area contributed by atoms with Crippen LogP contribution in [0, 0.1) is 0 Å². The van der Waals surface area contributed by atoms with Gasteiger partial charge in [-0.1, -0.05) is 0 Å². The van der Waals surface area contributed by atoms with Crippen LogP contribution in [0.5, 0.6) is 0 Å². The maximum Gasteiger partial charge on any atom is 0.224 e. The Hall–Kier alpha value is -1.89. The predicted molar refractivity (Wildman–Crippen MR) is 77.5 cm³/mol. The summed E-state index contributed by atoms with van der Waals surface area (Å²) in [5.74, 6) is 1.22. The van der Waals surface area contributed by atoms with Crippen molar-refractivity contribution < 1.29 is 0 Å². The van der Waals surface area contributed by atoms with E-state index < -0.39 is 0 Å². The number of nitrogens with one attached hydrogen (secondary N) is 1. The lowest BCUT2D eigenvalue weighted by Gasteiger charge is -2.43. The molecule has 2 unspecified atom stereocenters. The maximum absolute atomic E-state index is 5.84. The number of rotatable bonds is 1. The molecule has 0 amide bonds. The molecule has 2 aromatic heterocycles. The number of anilines is 2. The zero-order chi connectivity index (χ0) is 13.7. The molecular weight excluding hydrogens is 254 g/mol. The van der Waals surface area contributed by atoms with Gasteiger partial charge in [0.1, 0.15) is 5.82 Å². The fraction of sp³-hybridized carbons (Fsp3) is 0.615. The van der Waals surface area contributed by atoms with Crippen molar-refractivity contribution >= 4 is 22.8 Å². The highest BCUT2D eigenvalue weighted by Crippen LogP contribution is 2.31. The first-order valence-electron chi connectivity index (χ1n) is 7.19. The Bertz CT molecular complexity index is 637. The SMILES string of the molecule is CC1CN2CCCC2CN1c1nc(N)nc2[nH]ncc12. The van der Waals surface area contributed by atoms with E-state index in [1.807, 2.05) is 0 Å². The van der Waals surface area contributed by atoms with Crippen LogP contribution in [0.15, 0.2) is 6.20 Å². The molecule has 2 aromatic rings. The molecular formula is C13H19N7. The average molecular weight is 273 g/mol. The molecule has 2 atom stereocenters. The monoisotopic (exact) mass is 273 g/mol. The van der Waals surface area contributed by atoms with E-state index in [2.05, 4.69) is 36.9 Å². The van der Waals surface area contributed by atoms with Crippen molar-refractivity contribution in [2.45, 2.75) is 31.8 Å². The number of hydrogen-bond donors (Lipinski definition) is 2. The van der Waals surface area contributed by atoms with Gasteiger partial charge in [-0.25, -0.2) is 0 Å². The van der Waals surface area contributed by atoms with Crippen LogP contribution >= 0.6 is 0 Å². The summed E-state index contributed by atoms with van der Waals surface area (Å²) in [6.45, 7) is 5.58. The van der Waals surface area contributed by atoms with Gasteiger partial charge in [0.05, 0.1) is 11.6 Å². The zero-order valence-electron chi connectivity index (χ0n) is 11.6. The summed E-state index contributed by atoms with van der Waals surface area (Å²) in [4.78, 5) is 13.6. The summed E-state index contributed by atoms with van der Waals surface area (Å²) in [7, 11) is 0. The third-order valence-corrected chi connectivity index (χ3v) is 4.52. The van der Waals surface area contributed by atoms with Crippen molar-refractivity contribution in [3.05, 3.63) is 6.20 Å². The summed E-state index contributed by atoms with van der Waals surface area (Å²) < 4.78 is 0. The van der Waals surface area contributed by atoms with Gasteiger partial charge in [-0.3, -0.25) is 10.00 Å². The Kier molecular flexibility index (Phi) is 2.56. The Morgan fingerprint density at radius 2 is 2.25 bits per heavy atom. The molecule has 0 saturated carbocycles. The van der Waals surface area contributed by atoms with Crippen molar-refractivity contribution in [3.8, 4) is 0 Å². The van der Waals surface area contributed by atoms with E-state index >= 15 is 0 Å². The van der Waals surface area contributed by atoms with Crippen molar-refractivity contribution in [3.63, 3.8) is 0 Å². The third kappa shape index (κ3) is 1.73. The van der Waals surface area contributed by atoms with Crippen molar-refractivity contribution in [2.24, 2.45) is 0 Å². The smallest absolute Gasteiger partial charge is 0.224 e. The summed E-state index contributed by atoms with van der Waals surface area (Å²) >= 11 is 0. The van der Waals surface area contributed by atoms with Crippen LogP contribution in [0.25, 0.3) is 11.0 Å². The molecule has 3 N–H and O–H groups in total. The van der Waals surface area contributed by atoms with Gasteiger partial charge in [-0.05, 0) is 26.3 Å². The first kappa shape index (κ1) is 11.9. The number of aromatic amines is 1. The number of fused-ring (bicyclic) bond motifs is 2. The number of nitrogens with zero attached hydrogens (tertiary/aromatic N) is 5. The summed E-state index contributed by atoms with van der Waals surface area (Å²) in [5.41, 5.74) is 6.55. The van der Waals surface area contributed by atoms with E-state index in [0.717, 1.165) is 24.3 Å². The van der Waals surface area contributed by atoms with E-state index in [1.54, 1.807) is 6.20 Å². The molecule has 20 heavy (non-hydrogen) atoms. The van der Waals surface area contributed by atoms with Crippen molar-refractivity contribution in [1.29, 1.82) is 0 Å². The fourth-order valence-electron chi connectivity index (χ4n) is 3.54. The Labute approximate surface area is 117 Å². The van der Waals surface area contributed by atoms with Crippen molar-refractivity contribution in [2.75, 3.05) is 30.3 Å². The molecule has 7 heteroatoms. The van der Waals surface area contributed by atoms with E-state index in [-0.39, 0.29) is 0 Å². The molecule has 0 aliphatic carbocycles. The standard InChI is InChI=1S/C13H19N7/c1-8-6-19-4-2-3-9(19)7-20(8)12-10-5-15-18-11(10)16-13(14)17-12/h5,8-9H,2-4,6-7H2,1H3,(H3,14,15,16,17,18). The molecule has 2 saturated heterocycles.